The van der Waals surface area contributed by atoms with Gasteiger partial charge in [0.1, 0.15) is 0 Å². The van der Waals surface area contributed by atoms with Gasteiger partial charge in [-0.05, 0) is 80.8 Å². The largest absolute Gasteiger partial charge is 0.144 e. The molecule has 0 aromatic carbocycles. The third-order valence-corrected chi connectivity index (χ3v) is 8.45. The zero-order valence-corrected chi connectivity index (χ0v) is 16.6. The smallest absolute Gasteiger partial charge is 0.0757 e. The molecule has 0 fully saturated rings. The molecule has 5 heteroatoms. The van der Waals surface area contributed by atoms with Crippen LogP contribution in [0.1, 0.15) is 45.0 Å². The number of fused-ring (bicyclic) bond motifs is 1. The number of halogens is 3. The Bertz CT molecular complexity index is 562. The van der Waals surface area contributed by atoms with Crippen molar-refractivity contribution in [1.82, 2.24) is 0 Å². The summed E-state index contributed by atoms with van der Waals surface area (Å²) in [4.78, 5) is 3.36. The van der Waals surface area contributed by atoms with Crippen LogP contribution in [0.25, 0.3) is 0 Å². The molecule has 0 saturated heterocycles. The van der Waals surface area contributed by atoms with E-state index >= 15 is 0 Å². The topological polar surface area (TPSA) is 0 Å². The Kier molecular flexibility index (Phi) is 4.90. The van der Waals surface area contributed by atoms with E-state index in [2.05, 4.69) is 59.9 Å². The molecule has 0 spiro atoms. The van der Waals surface area contributed by atoms with E-state index in [0.717, 1.165) is 0 Å². The molecule has 2 heterocycles. The number of thiophene rings is 2. The maximum Gasteiger partial charge on any atom is 0.0757 e. The van der Waals surface area contributed by atoms with E-state index < -0.39 is 0 Å². The number of hydrogen-bond donors (Lipinski definition) is 0. The van der Waals surface area contributed by atoms with Crippen molar-refractivity contribution < 1.29 is 0 Å². The standard InChI is InChI=1S/C14H13Br3S2/c15-12-7-9(14(17)19-12)13(16)11-6-8-4-2-1-3-5-10(8)18-11/h6-7,13H,1-5H2. The first-order valence-electron chi connectivity index (χ1n) is 6.35. The highest BCUT2D eigenvalue weighted by Gasteiger charge is 2.21. The summed E-state index contributed by atoms with van der Waals surface area (Å²) in [7, 11) is 0. The van der Waals surface area contributed by atoms with Crippen molar-refractivity contribution in [3.8, 4) is 0 Å². The van der Waals surface area contributed by atoms with Gasteiger partial charge >= 0.3 is 0 Å². The molecule has 102 valence electrons. The molecule has 0 radical (unpaired) electrons. The summed E-state index contributed by atoms with van der Waals surface area (Å²) in [6.45, 7) is 0. The van der Waals surface area contributed by atoms with Crippen molar-refractivity contribution in [2.75, 3.05) is 0 Å². The SMILES string of the molecule is Brc1cc(C(Br)c2cc3c(s2)CCCCC3)c(Br)s1. The maximum atomic E-state index is 3.87. The van der Waals surface area contributed by atoms with E-state index in [1.54, 1.807) is 21.8 Å². The lowest BCUT2D eigenvalue weighted by molar-refractivity contribution is 0.712. The number of aryl methyl sites for hydroxylation is 2. The fourth-order valence-electron chi connectivity index (χ4n) is 2.49. The highest BCUT2D eigenvalue weighted by molar-refractivity contribution is 9.12. The lowest BCUT2D eigenvalue weighted by Crippen LogP contribution is -1.87. The Morgan fingerprint density at radius 1 is 1.00 bits per heavy atom. The van der Waals surface area contributed by atoms with Crippen LogP contribution in [0.4, 0.5) is 0 Å². The molecule has 0 aliphatic heterocycles. The van der Waals surface area contributed by atoms with Crippen LogP contribution in [0.15, 0.2) is 19.7 Å². The lowest BCUT2D eigenvalue weighted by atomic mass is 10.1. The minimum atomic E-state index is 0.307. The highest BCUT2D eigenvalue weighted by atomic mass is 79.9. The predicted molar refractivity (Wildman–Crippen MR) is 96.1 cm³/mol. The maximum absolute atomic E-state index is 3.87. The average Bonchev–Trinajstić information content (AvgIpc) is 2.85. The number of hydrogen-bond acceptors (Lipinski definition) is 2. The molecule has 3 rings (SSSR count). The summed E-state index contributed by atoms with van der Waals surface area (Å²) in [6.07, 6.45) is 6.63. The van der Waals surface area contributed by atoms with Gasteiger partial charge in [0.2, 0.25) is 0 Å². The minimum absolute atomic E-state index is 0.307. The molecule has 0 amide bonds. The second kappa shape index (κ2) is 6.30. The molecule has 1 atom stereocenters. The quantitative estimate of drug-likeness (QED) is 0.315. The molecule has 0 nitrogen and oxygen atoms in total. The summed E-state index contributed by atoms with van der Waals surface area (Å²) >= 11 is 14.8. The van der Waals surface area contributed by atoms with Crippen molar-refractivity contribution in [2.45, 2.75) is 36.9 Å². The van der Waals surface area contributed by atoms with Crippen LogP contribution in [0.3, 0.4) is 0 Å². The summed E-state index contributed by atoms with van der Waals surface area (Å²) < 4.78 is 2.39. The molecule has 0 N–H and O–H groups in total. The highest BCUT2D eigenvalue weighted by Crippen LogP contribution is 2.45. The summed E-state index contributed by atoms with van der Waals surface area (Å²) in [5.74, 6) is 0. The summed E-state index contributed by atoms with van der Waals surface area (Å²) in [6, 6.07) is 4.63. The monoisotopic (exact) mass is 482 g/mol. The van der Waals surface area contributed by atoms with E-state index in [1.165, 1.54) is 50.1 Å². The summed E-state index contributed by atoms with van der Waals surface area (Å²) in [5.41, 5.74) is 2.92. The molecule has 0 saturated carbocycles. The lowest BCUT2D eigenvalue weighted by Gasteiger charge is -2.06. The van der Waals surface area contributed by atoms with Gasteiger partial charge in [-0.3, -0.25) is 0 Å². The molecular formula is C14H13Br3S2. The van der Waals surface area contributed by atoms with Gasteiger partial charge in [-0.15, -0.1) is 22.7 Å². The second-order valence-electron chi connectivity index (χ2n) is 4.80. The van der Waals surface area contributed by atoms with Crippen LogP contribution in [-0.2, 0) is 12.8 Å². The fraction of sp³-hybridized carbons (Fsp3) is 0.429. The third kappa shape index (κ3) is 3.20. The Labute approximate surface area is 147 Å². The Balaban J connectivity index is 1.92. The van der Waals surface area contributed by atoms with Gasteiger partial charge in [0.15, 0.2) is 0 Å². The first-order valence-corrected chi connectivity index (χ1v) is 10.5. The van der Waals surface area contributed by atoms with Crippen LogP contribution in [0.5, 0.6) is 0 Å². The molecular weight excluding hydrogens is 472 g/mol. The number of alkyl halides is 1. The summed E-state index contributed by atoms with van der Waals surface area (Å²) in [5, 5.41) is 0. The molecule has 19 heavy (non-hydrogen) atoms. The van der Waals surface area contributed by atoms with E-state index in [1.807, 2.05) is 11.3 Å². The van der Waals surface area contributed by atoms with Gasteiger partial charge in [-0.2, -0.15) is 0 Å². The van der Waals surface area contributed by atoms with Crippen molar-refractivity contribution in [2.24, 2.45) is 0 Å². The van der Waals surface area contributed by atoms with Crippen LogP contribution in [0.2, 0.25) is 0 Å². The van der Waals surface area contributed by atoms with Crippen LogP contribution in [-0.4, -0.2) is 0 Å². The van der Waals surface area contributed by atoms with Crippen molar-refractivity contribution in [1.29, 1.82) is 0 Å². The Morgan fingerprint density at radius 2 is 1.79 bits per heavy atom. The molecule has 1 unspecified atom stereocenters. The van der Waals surface area contributed by atoms with Crippen LogP contribution >= 0.6 is 70.5 Å². The Hall–Kier alpha value is 0.840. The van der Waals surface area contributed by atoms with Crippen LogP contribution in [0, 0.1) is 0 Å². The minimum Gasteiger partial charge on any atom is -0.144 e. The fourth-order valence-corrected chi connectivity index (χ4v) is 7.88. The van der Waals surface area contributed by atoms with Crippen molar-refractivity contribution in [3.05, 3.63) is 40.6 Å². The van der Waals surface area contributed by atoms with E-state index in [4.69, 9.17) is 0 Å². The number of rotatable bonds is 2. The van der Waals surface area contributed by atoms with Crippen molar-refractivity contribution >= 4 is 70.5 Å². The zero-order valence-electron chi connectivity index (χ0n) is 10.2. The van der Waals surface area contributed by atoms with Gasteiger partial charge in [0, 0.05) is 9.75 Å². The van der Waals surface area contributed by atoms with E-state index in [9.17, 15) is 0 Å². The Morgan fingerprint density at radius 3 is 2.53 bits per heavy atom. The van der Waals surface area contributed by atoms with Gasteiger partial charge < -0.3 is 0 Å². The van der Waals surface area contributed by atoms with Gasteiger partial charge in [-0.1, -0.05) is 22.4 Å². The predicted octanol–water partition coefficient (Wildman–Crippen LogP) is 7.09. The molecule has 1 aliphatic rings. The van der Waals surface area contributed by atoms with E-state index in [-0.39, 0.29) is 0 Å². The first-order chi connectivity index (χ1) is 9.15. The van der Waals surface area contributed by atoms with Crippen LogP contribution < -0.4 is 0 Å². The molecule has 2 aromatic rings. The third-order valence-electron chi connectivity index (χ3n) is 3.47. The normalized spacial score (nSPS) is 17.0. The first kappa shape index (κ1) is 14.8. The molecule has 2 aromatic heterocycles. The van der Waals surface area contributed by atoms with Gasteiger partial charge in [0.05, 0.1) is 12.4 Å². The zero-order chi connectivity index (χ0) is 13.4. The van der Waals surface area contributed by atoms with Gasteiger partial charge in [0.25, 0.3) is 0 Å². The second-order valence-corrected chi connectivity index (χ2v) is 10.6. The molecule has 0 bridgehead atoms. The van der Waals surface area contributed by atoms with E-state index in [0.29, 0.717) is 4.83 Å². The average molecular weight is 485 g/mol. The van der Waals surface area contributed by atoms with Crippen molar-refractivity contribution in [3.63, 3.8) is 0 Å². The molecule has 1 aliphatic carbocycles. The van der Waals surface area contributed by atoms with Gasteiger partial charge in [-0.25, -0.2) is 0 Å².